The molecule has 0 atom stereocenters. The fourth-order valence-electron chi connectivity index (χ4n) is 6.90. The van der Waals surface area contributed by atoms with E-state index < -0.39 is 0 Å². The predicted octanol–water partition coefficient (Wildman–Crippen LogP) is 8.40. The predicted molar refractivity (Wildman–Crippen MR) is 133 cm³/mol. The molecule has 31 heavy (non-hydrogen) atoms. The summed E-state index contributed by atoms with van der Waals surface area (Å²) in [5.74, 6) is 0. The Kier molecular flexibility index (Phi) is 2.94. The van der Waals surface area contributed by atoms with Crippen LogP contribution in [0.4, 0.5) is 0 Å². The van der Waals surface area contributed by atoms with Gasteiger partial charge in [0.15, 0.2) is 0 Å². The van der Waals surface area contributed by atoms with Gasteiger partial charge >= 0.3 is 0 Å². The van der Waals surface area contributed by atoms with Gasteiger partial charge in [0.05, 0.1) is 0 Å². The highest BCUT2D eigenvalue weighted by Gasteiger charge is 2.45. The maximum absolute atomic E-state index is 2.44. The molecule has 0 aromatic heterocycles. The second-order valence-corrected chi connectivity index (χ2v) is 10.6. The van der Waals surface area contributed by atoms with Crippen molar-refractivity contribution in [1.29, 1.82) is 0 Å². The van der Waals surface area contributed by atoms with Crippen molar-refractivity contribution in [3.63, 3.8) is 0 Å². The summed E-state index contributed by atoms with van der Waals surface area (Å²) >= 11 is 0. The minimum atomic E-state index is -0.0200. The molecule has 0 saturated carbocycles. The minimum Gasteiger partial charge on any atom is -0.0616 e. The molecule has 5 aromatic rings. The molecule has 0 unspecified atom stereocenters. The Morgan fingerprint density at radius 3 is 2.00 bits per heavy atom. The van der Waals surface area contributed by atoms with E-state index in [1.54, 1.807) is 0 Å². The Labute approximate surface area is 183 Å². The molecule has 5 aromatic carbocycles. The van der Waals surface area contributed by atoms with Gasteiger partial charge in [0.1, 0.15) is 0 Å². The van der Waals surface area contributed by atoms with E-state index in [2.05, 4.69) is 101 Å². The molecule has 2 aliphatic carbocycles. The van der Waals surface area contributed by atoms with E-state index in [4.69, 9.17) is 0 Å². The molecule has 0 amide bonds. The van der Waals surface area contributed by atoms with Crippen LogP contribution in [0.3, 0.4) is 0 Å². The van der Waals surface area contributed by atoms with Gasteiger partial charge in [-0.2, -0.15) is 0 Å². The van der Waals surface area contributed by atoms with Crippen molar-refractivity contribution < 1.29 is 0 Å². The Balaban J connectivity index is 1.89. The van der Waals surface area contributed by atoms with E-state index in [0.29, 0.717) is 0 Å². The summed E-state index contributed by atoms with van der Waals surface area (Å²) < 4.78 is 0. The average molecular weight is 399 g/mol. The molecule has 0 aliphatic heterocycles. The summed E-state index contributed by atoms with van der Waals surface area (Å²) in [5.41, 5.74) is 10.4. The van der Waals surface area contributed by atoms with Crippen LogP contribution in [0.2, 0.25) is 0 Å². The van der Waals surface area contributed by atoms with Crippen molar-refractivity contribution in [2.45, 2.75) is 45.4 Å². The molecule has 2 aliphatic rings. The summed E-state index contributed by atoms with van der Waals surface area (Å²) in [6.07, 6.45) is 0. The largest absolute Gasteiger partial charge is 0.0616 e. The summed E-state index contributed by atoms with van der Waals surface area (Å²) in [6.45, 7) is 12.0. The summed E-state index contributed by atoms with van der Waals surface area (Å²) in [4.78, 5) is 0. The first-order chi connectivity index (χ1) is 14.8. The monoisotopic (exact) mass is 398 g/mol. The number of hydrogen-bond donors (Lipinski definition) is 0. The fraction of sp³-hybridized carbons (Fsp3) is 0.226. The van der Waals surface area contributed by atoms with Crippen molar-refractivity contribution in [3.05, 3.63) is 94.5 Å². The van der Waals surface area contributed by atoms with Crippen molar-refractivity contribution in [2.75, 3.05) is 0 Å². The molecule has 7 rings (SSSR count). The lowest BCUT2D eigenvalue weighted by molar-refractivity contribution is 0.640. The molecule has 0 bridgehead atoms. The molecule has 0 saturated heterocycles. The first kappa shape index (κ1) is 17.5. The van der Waals surface area contributed by atoms with Crippen LogP contribution >= 0.6 is 0 Å². The molecule has 0 nitrogen and oxygen atoms in total. The van der Waals surface area contributed by atoms with Crippen LogP contribution in [0.5, 0.6) is 0 Å². The van der Waals surface area contributed by atoms with Crippen LogP contribution in [0.15, 0.2) is 66.7 Å². The maximum Gasteiger partial charge on any atom is 0.0165 e. The number of benzene rings is 5. The summed E-state index contributed by atoms with van der Waals surface area (Å²) in [7, 11) is 0. The molecule has 0 radical (unpaired) electrons. The lowest BCUT2D eigenvalue weighted by atomic mass is 9.68. The lowest BCUT2D eigenvalue weighted by Crippen LogP contribution is -2.23. The third-order valence-corrected chi connectivity index (χ3v) is 8.37. The molecular weight excluding hydrogens is 372 g/mol. The summed E-state index contributed by atoms with van der Waals surface area (Å²) in [6, 6.07) is 25.3. The zero-order valence-electron chi connectivity index (χ0n) is 18.9. The number of fused-ring (bicyclic) bond motifs is 4. The maximum atomic E-state index is 2.44. The molecule has 0 fully saturated rings. The van der Waals surface area contributed by atoms with Crippen LogP contribution in [0.1, 0.15) is 55.5 Å². The molecule has 0 N–H and O–H groups in total. The highest BCUT2D eigenvalue weighted by atomic mass is 14.5. The quantitative estimate of drug-likeness (QED) is 0.181. The second kappa shape index (κ2) is 5.19. The third-order valence-electron chi connectivity index (χ3n) is 8.37. The Hall–Kier alpha value is -3.12. The van der Waals surface area contributed by atoms with E-state index in [1.807, 2.05) is 0 Å². The Morgan fingerprint density at radius 1 is 0.548 bits per heavy atom. The molecule has 0 heterocycles. The van der Waals surface area contributed by atoms with Gasteiger partial charge < -0.3 is 0 Å². The van der Waals surface area contributed by atoms with Gasteiger partial charge in [-0.25, -0.2) is 0 Å². The number of aryl methyl sites for hydroxylation is 1. The van der Waals surface area contributed by atoms with E-state index >= 15 is 0 Å². The van der Waals surface area contributed by atoms with Crippen LogP contribution in [-0.4, -0.2) is 0 Å². The lowest BCUT2D eigenvalue weighted by Gasteiger charge is -2.35. The van der Waals surface area contributed by atoms with E-state index in [-0.39, 0.29) is 10.8 Å². The summed E-state index contributed by atoms with van der Waals surface area (Å²) in [5, 5.41) is 8.47. The average Bonchev–Trinajstić information content (AvgIpc) is 3.00. The molecule has 150 valence electrons. The van der Waals surface area contributed by atoms with Gasteiger partial charge in [-0.05, 0) is 84.3 Å². The van der Waals surface area contributed by atoms with Gasteiger partial charge in [-0.3, -0.25) is 0 Å². The third kappa shape index (κ3) is 1.81. The minimum absolute atomic E-state index is 0.00485. The normalized spacial score (nSPS) is 17.1. The Bertz CT molecular complexity index is 1630. The van der Waals surface area contributed by atoms with Crippen molar-refractivity contribution in [1.82, 2.24) is 0 Å². The topological polar surface area (TPSA) is 0 Å². The number of rotatable bonds is 0. The number of hydrogen-bond acceptors (Lipinski definition) is 0. The Morgan fingerprint density at radius 2 is 1.19 bits per heavy atom. The first-order valence-corrected chi connectivity index (χ1v) is 11.4. The van der Waals surface area contributed by atoms with Gasteiger partial charge in [0.25, 0.3) is 0 Å². The van der Waals surface area contributed by atoms with Crippen molar-refractivity contribution >= 4 is 32.3 Å². The van der Waals surface area contributed by atoms with Gasteiger partial charge in [-0.1, -0.05) is 88.4 Å². The van der Waals surface area contributed by atoms with Crippen LogP contribution in [0.25, 0.3) is 43.4 Å². The smallest absolute Gasteiger partial charge is 0.0165 e. The zero-order chi connectivity index (χ0) is 21.3. The van der Waals surface area contributed by atoms with E-state index in [0.717, 1.165) is 0 Å². The fourth-order valence-corrected chi connectivity index (χ4v) is 6.90. The van der Waals surface area contributed by atoms with Crippen LogP contribution < -0.4 is 0 Å². The van der Waals surface area contributed by atoms with Gasteiger partial charge in [0, 0.05) is 10.8 Å². The van der Waals surface area contributed by atoms with Crippen LogP contribution in [0, 0.1) is 6.92 Å². The standard InChI is InChI=1S/C31H26/c1-17-19-11-7-6-10-18(19)16-21-20-12-8-13-22-26(20)28-27-23(30(22,2)3)14-9-15-24(27)31(4,5)29(28)25(17)21/h6-16H,1-5H3. The molecule has 0 spiro atoms. The van der Waals surface area contributed by atoms with Crippen molar-refractivity contribution in [3.8, 4) is 11.1 Å². The van der Waals surface area contributed by atoms with Gasteiger partial charge in [0.2, 0.25) is 0 Å². The first-order valence-electron chi connectivity index (χ1n) is 11.4. The van der Waals surface area contributed by atoms with E-state index in [9.17, 15) is 0 Å². The van der Waals surface area contributed by atoms with E-state index in [1.165, 1.54) is 71.3 Å². The second-order valence-electron chi connectivity index (χ2n) is 10.6. The SMILES string of the molecule is Cc1c2ccccc2cc2c1c1c3c4c(cccc42)C(C)(C)c2cccc(c2-3)C1(C)C. The van der Waals surface area contributed by atoms with Gasteiger partial charge in [-0.15, -0.1) is 0 Å². The molecular formula is C31H26. The van der Waals surface area contributed by atoms with Crippen LogP contribution in [-0.2, 0) is 10.8 Å². The highest BCUT2D eigenvalue weighted by molar-refractivity contribution is 6.24. The van der Waals surface area contributed by atoms with Crippen molar-refractivity contribution in [2.24, 2.45) is 0 Å². The highest BCUT2D eigenvalue weighted by Crippen LogP contribution is 2.61. The molecule has 0 heteroatoms. The zero-order valence-corrected chi connectivity index (χ0v) is 18.9.